The van der Waals surface area contributed by atoms with E-state index in [0.29, 0.717) is 24.3 Å². The Morgan fingerprint density at radius 1 is 1.30 bits per heavy atom. The van der Waals surface area contributed by atoms with Crippen LogP contribution in [0.4, 0.5) is 0 Å². The highest BCUT2D eigenvalue weighted by molar-refractivity contribution is 8.93. The average molecular weight is 384 g/mol. The highest BCUT2D eigenvalue weighted by Gasteiger charge is 2.62. The summed E-state index contributed by atoms with van der Waals surface area (Å²) in [7, 11) is 2.13. The number of ether oxygens (including phenoxy) is 2. The highest BCUT2D eigenvalue weighted by Crippen LogP contribution is 2.48. The number of aliphatic hydroxyl groups is 1. The first-order valence-electron chi connectivity index (χ1n) is 7.92. The van der Waals surface area contributed by atoms with Crippen LogP contribution in [0.1, 0.15) is 24.3 Å². The number of morpholine rings is 1. The maximum Gasteiger partial charge on any atom is 0.316 e. The Bertz CT molecular complexity index is 551. The van der Waals surface area contributed by atoms with Crippen molar-refractivity contribution in [1.29, 1.82) is 0 Å². The summed E-state index contributed by atoms with van der Waals surface area (Å²) in [6.45, 7) is -0.226. The summed E-state index contributed by atoms with van der Waals surface area (Å²) in [6, 6.07) is 10.1. The van der Waals surface area contributed by atoms with Gasteiger partial charge in [0.05, 0.1) is 6.61 Å². The van der Waals surface area contributed by atoms with Crippen LogP contribution < -0.4 is 0 Å². The van der Waals surface area contributed by atoms with Crippen LogP contribution in [0.5, 0.6) is 0 Å². The number of rotatable bonds is 4. The lowest BCUT2D eigenvalue weighted by atomic mass is 9.97. The normalized spacial score (nSPS) is 35.8. The molecule has 2 bridgehead atoms. The van der Waals surface area contributed by atoms with Gasteiger partial charge in [-0.05, 0) is 12.6 Å². The summed E-state index contributed by atoms with van der Waals surface area (Å²) < 4.78 is 11.4. The van der Waals surface area contributed by atoms with Gasteiger partial charge in [0.1, 0.15) is 24.2 Å². The van der Waals surface area contributed by atoms with E-state index in [4.69, 9.17) is 9.47 Å². The smallest absolute Gasteiger partial charge is 0.316 e. The number of piperidine rings is 1. The van der Waals surface area contributed by atoms with Crippen LogP contribution in [0.25, 0.3) is 0 Å². The second kappa shape index (κ2) is 6.51. The second-order valence-corrected chi connectivity index (χ2v) is 6.54. The molecular weight excluding hydrogens is 362 g/mol. The van der Waals surface area contributed by atoms with Crippen molar-refractivity contribution in [2.75, 3.05) is 13.7 Å². The number of aliphatic hydroxyl groups excluding tert-OH is 1. The molecule has 3 fully saturated rings. The summed E-state index contributed by atoms with van der Waals surface area (Å²) in [6.07, 6.45) is 2.26. The quantitative estimate of drug-likeness (QED) is 0.630. The van der Waals surface area contributed by atoms with Gasteiger partial charge in [0.15, 0.2) is 0 Å². The summed E-state index contributed by atoms with van der Waals surface area (Å²) in [5.74, 6) is -0.915. The molecule has 3 saturated heterocycles. The van der Waals surface area contributed by atoms with Crippen molar-refractivity contribution in [3.05, 3.63) is 35.9 Å². The van der Waals surface area contributed by atoms with Gasteiger partial charge in [-0.3, -0.25) is 9.69 Å². The van der Waals surface area contributed by atoms with Gasteiger partial charge in [-0.25, -0.2) is 0 Å². The minimum atomic E-state index is -0.593. The van der Waals surface area contributed by atoms with E-state index in [2.05, 4.69) is 11.9 Å². The van der Waals surface area contributed by atoms with E-state index in [0.717, 1.165) is 18.4 Å². The Hall–Kier alpha value is -0.950. The lowest BCUT2D eigenvalue weighted by Crippen LogP contribution is -2.48. The zero-order valence-corrected chi connectivity index (χ0v) is 14.7. The molecule has 6 heteroatoms. The van der Waals surface area contributed by atoms with E-state index in [1.54, 1.807) is 0 Å². The number of carbonyl (C=O) groups is 1. The molecule has 126 valence electrons. The van der Waals surface area contributed by atoms with Crippen molar-refractivity contribution >= 4 is 23.0 Å². The molecule has 0 amide bonds. The predicted molar refractivity (Wildman–Crippen MR) is 89.7 cm³/mol. The number of halogens is 1. The van der Waals surface area contributed by atoms with E-state index in [-0.39, 0.29) is 35.7 Å². The maximum absolute atomic E-state index is 12.4. The number of epoxide rings is 1. The molecular formula is C17H22BrNO4. The fourth-order valence-corrected chi connectivity index (χ4v) is 4.04. The molecule has 2 unspecified atom stereocenters. The lowest BCUT2D eigenvalue weighted by Gasteiger charge is -2.38. The van der Waals surface area contributed by atoms with Gasteiger partial charge < -0.3 is 14.6 Å². The molecule has 1 N–H and O–H groups in total. The molecule has 5 nitrogen and oxygen atoms in total. The largest absolute Gasteiger partial charge is 0.462 e. The molecule has 4 rings (SSSR count). The second-order valence-electron chi connectivity index (χ2n) is 6.54. The molecule has 0 aliphatic carbocycles. The minimum absolute atomic E-state index is 0. The first-order valence-corrected chi connectivity index (χ1v) is 7.92. The molecule has 3 aliphatic heterocycles. The molecule has 23 heavy (non-hydrogen) atoms. The minimum Gasteiger partial charge on any atom is -0.462 e. The van der Waals surface area contributed by atoms with E-state index >= 15 is 0 Å². The summed E-state index contributed by atoms with van der Waals surface area (Å²) >= 11 is 0. The van der Waals surface area contributed by atoms with Crippen LogP contribution in [0, 0.1) is 0 Å². The van der Waals surface area contributed by atoms with Crippen LogP contribution in [0.2, 0.25) is 0 Å². The van der Waals surface area contributed by atoms with Crippen molar-refractivity contribution in [2.45, 2.75) is 49.2 Å². The van der Waals surface area contributed by atoms with Gasteiger partial charge in [0, 0.05) is 24.9 Å². The van der Waals surface area contributed by atoms with E-state index < -0.39 is 5.92 Å². The SMILES string of the molecule is Br.CN1[C@@H]2CC(OC(=O)C(CO)c3ccccc3)C[C@H]1[C@H]1O[C@H]12. The fourth-order valence-electron chi connectivity index (χ4n) is 4.04. The van der Waals surface area contributed by atoms with Crippen molar-refractivity contribution in [3.8, 4) is 0 Å². The number of nitrogens with zero attached hydrogens (tertiary/aromatic N) is 1. The summed E-state index contributed by atoms with van der Waals surface area (Å²) in [5, 5.41) is 9.56. The topological polar surface area (TPSA) is 62.3 Å². The van der Waals surface area contributed by atoms with Crippen molar-refractivity contribution in [2.24, 2.45) is 0 Å². The average Bonchev–Trinajstić information content (AvgIpc) is 3.27. The predicted octanol–water partition coefficient (Wildman–Crippen LogP) is 1.50. The molecule has 6 atom stereocenters. The van der Waals surface area contributed by atoms with Gasteiger partial charge in [-0.1, -0.05) is 30.3 Å². The highest BCUT2D eigenvalue weighted by atomic mass is 79.9. The van der Waals surface area contributed by atoms with Crippen LogP contribution >= 0.6 is 17.0 Å². The first-order chi connectivity index (χ1) is 10.7. The van der Waals surface area contributed by atoms with Gasteiger partial charge in [-0.2, -0.15) is 0 Å². The van der Waals surface area contributed by atoms with Crippen molar-refractivity contribution < 1.29 is 19.4 Å². The molecule has 3 heterocycles. The Morgan fingerprint density at radius 3 is 2.48 bits per heavy atom. The zero-order valence-electron chi connectivity index (χ0n) is 13.0. The zero-order chi connectivity index (χ0) is 15.3. The van der Waals surface area contributed by atoms with Crippen LogP contribution in [-0.4, -0.2) is 60.0 Å². The number of benzene rings is 1. The van der Waals surface area contributed by atoms with Crippen molar-refractivity contribution in [1.82, 2.24) is 4.90 Å². The molecule has 3 aliphatic rings. The van der Waals surface area contributed by atoms with Crippen LogP contribution in [0.3, 0.4) is 0 Å². The molecule has 0 spiro atoms. The van der Waals surface area contributed by atoms with E-state index in [9.17, 15) is 9.90 Å². The molecule has 1 aromatic rings. The number of esters is 1. The fraction of sp³-hybridized carbons (Fsp3) is 0.588. The van der Waals surface area contributed by atoms with Crippen LogP contribution in [0.15, 0.2) is 30.3 Å². The Labute approximate surface area is 146 Å². The maximum atomic E-state index is 12.4. The molecule has 1 aromatic carbocycles. The summed E-state index contributed by atoms with van der Waals surface area (Å²) in [5.41, 5.74) is 0.803. The van der Waals surface area contributed by atoms with Crippen LogP contribution in [-0.2, 0) is 14.3 Å². The number of carbonyl (C=O) groups excluding carboxylic acids is 1. The van der Waals surface area contributed by atoms with E-state index in [1.165, 1.54) is 0 Å². The third kappa shape index (κ3) is 2.93. The molecule has 0 saturated carbocycles. The van der Waals surface area contributed by atoms with Gasteiger partial charge >= 0.3 is 5.97 Å². The molecule has 0 aromatic heterocycles. The van der Waals surface area contributed by atoms with Gasteiger partial charge in [-0.15, -0.1) is 17.0 Å². The first kappa shape index (κ1) is 16.9. The number of fused-ring (bicyclic) bond motifs is 5. The number of hydrogen-bond donors (Lipinski definition) is 1. The lowest BCUT2D eigenvalue weighted by molar-refractivity contribution is -0.156. The third-order valence-electron chi connectivity index (χ3n) is 5.33. The van der Waals surface area contributed by atoms with Gasteiger partial charge in [0.2, 0.25) is 0 Å². The summed E-state index contributed by atoms with van der Waals surface area (Å²) in [4.78, 5) is 14.8. The number of hydrogen-bond acceptors (Lipinski definition) is 5. The monoisotopic (exact) mass is 383 g/mol. The Morgan fingerprint density at radius 2 is 1.91 bits per heavy atom. The standard InChI is InChI=1S/C17H21NO4.BrH/c1-18-13-7-11(8-14(18)16-15(13)22-16)21-17(20)12(9-19)10-5-3-2-4-6-10;/h2-6,11-16,19H,7-9H2,1H3;1H/t11?,12?,13-,14+,15+,16-;. The third-order valence-corrected chi connectivity index (χ3v) is 5.33. The van der Waals surface area contributed by atoms with Crippen molar-refractivity contribution in [3.63, 3.8) is 0 Å². The Balaban J connectivity index is 0.00000156. The Kier molecular flexibility index (Phi) is 4.78. The number of likely N-dealkylation sites (N-methyl/N-ethyl adjacent to an activating group) is 1. The van der Waals surface area contributed by atoms with E-state index in [1.807, 2.05) is 30.3 Å². The van der Waals surface area contributed by atoms with Gasteiger partial charge in [0.25, 0.3) is 0 Å². The molecule has 0 radical (unpaired) electrons.